The van der Waals surface area contributed by atoms with Crippen LogP contribution in [0.3, 0.4) is 0 Å². The molecule has 1 aliphatic rings. The van der Waals surface area contributed by atoms with E-state index < -0.39 is 29.8 Å². The molecular weight excluding hydrogens is 225 g/mol. The number of carbonyl (C=O) groups is 1. The maximum Gasteiger partial charge on any atom is 0.417 e. The van der Waals surface area contributed by atoms with E-state index in [0.29, 0.717) is 6.92 Å². The lowest BCUT2D eigenvalue weighted by Gasteiger charge is -2.33. The molecule has 1 heterocycles. The maximum atomic E-state index is 12.4. The molecule has 1 aliphatic heterocycles. The zero-order valence-electron chi connectivity index (χ0n) is 9.02. The molecule has 0 aliphatic carbocycles. The number of halogens is 3. The van der Waals surface area contributed by atoms with Gasteiger partial charge in [0, 0.05) is 18.4 Å². The molecule has 2 unspecified atom stereocenters. The van der Waals surface area contributed by atoms with Crippen LogP contribution in [0.2, 0.25) is 0 Å². The van der Waals surface area contributed by atoms with Gasteiger partial charge < -0.3 is 9.84 Å². The van der Waals surface area contributed by atoms with Crippen molar-refractivity contribution < 1.29 is 27.8 Å². The summed E-state index contributed by atoms with van der Waals surface area (Å²) in [5.41, 5.74) is -4.10. The summed E-state index contributed by atoms with van der Waals surface area (Å²) in [5, 5.41) is 9.30. The molecule has 0 radical (unpaired) electrons. The van der Waals surface area contributed by atoms with Crippen molar-refractivity contribution in [1.29, 1.82) is 0 Å². The first-order valence-corrected chi connectivity index (χ1v) is 4.67. The molecule has 3 nitrogen and oxygen atoms in total. The molecule has 0 bridgehead atoms. The van der Waals surface area contributed by atoms with E-state index in [4.69, 9.17) is 4.74 Å². The van der Waals surface area contributed by atoms with Gasteiger partial charge >= 0.3 is 12.1 Å². The molecule has 0 spiro atoms. The lowest BCUT2D eigenvalue weighted by atomic mass is 9.86. The van der Waals surface area contributed by atoms with Crippen LogP contribution in [0.15, 0.2) is 12.2 Å². The van der Waals surface area contributed by atoms with Crippen LogP contribution in [0.1, 0.15) is 26.7 Å². The van der Waals surface area contributed by atoms with Crippen molar-refractivity contribution in [1.82, 2.24) is 0 Å². The van der Waals surface area contributed by atoms with E-state index in [1.54, 1.807) is 0 Å². The third-order valence-corrected chi connectivity index (χ3v) is 2.54. The Morgan fingerprint density at radius 3 is 2.38 bits per heavy atom. The summed E-state index contributed by atoms with van der Waals surface area (Å²) >= 11 is 0. The summed E-state index contributed by atoms with van der Waals surface area (Å²) in [7, 11) is 0. The highest BCUT2D eigenvalue weighted by molar-refractivity contribution is 5.90. The number of ether oxygens (including phenoxy) is 1. The Labute approximate surface area is 90.9 Å². The number of carbonyl (C=O) groups excluding carboxylic acids is 1. The Morgan fingerprint density at radius 1 is 1.56 bits per heavy atom. The molecule has 0 aromatic heterocycles. The number of alkyl halides is 3. The van der Waals surface area contributed by atoms with Gasteiger partial charge in [-0.3, -0.25) is 0 Å². The van der Waals surface area contributed by atoms with E-state index in [0.717, 1.165) is 0 Å². The van der Waals surface area contributed by atoms with E-state index in [9.17, 15) is 23.1 Å². The van der Waals surface area contributed by atoms with E-state index >= 15 is 0 Å². The Bertz CT molecular complexity index is 315. The molecule has 92 valence electrons. The monoisotopic (exact) mass is 238 g/mol. The molecule has 1 fully saturated rings. The molecule has 0 aromatic carbocycles. The van der Waals surface area contributed by atoms with E-state index in [1.165, 1.54) is 6.92 Å². The highest BCUT2D eigenvalue weighted by atomic mass is 19.4. The fraction of sp³-hybridized carbons (Fsp3) is 0.700. The Balaban J connectivity index is 2.83. The van der Waals surface area contributed by atoms with Crippen LogP contribution in [0, 0.1) is 0 Å². The van der Waals surface area contributed by atoms with Crippen LogP contribution in [0.25, 0.3) is 0 Å². The van der Waals surface area contributed by atoms with Gasteiger partial charge in [0.1, 0.15) is 5.60 Å². The highest BCUT2D eigenvalue weighted by Crippen LogP contribution is 2.42. The number of hydrogen-bond acceptors (Lipinski definition) is 3. The Morgan fingerprint density at radius 2 is 2.06 bits per heavy atom. The number of aliphatic hydroxyl groups is 1. The zero-order chi connectivity index (χ0) is 12.8. The predicted molar refractivity (Wildman–Crippen MR) is 49.5 cm³/mol. The minimum Gasteiger partial charge on any atom is -0.456 e. The van der Waals surface area contributed by atoms with Crippen LogP contribution in [0.5, 0.6) is 0 Å². The number of esters is 1. The third-order valence-electron chi connectivity index (χ3n) is 2.54. The minimum absolute atomic E-state index is 0.00192. The smallest absolute Gasteiger partial charge is 0.417 e. The second kappa shape index (κ2) is 3.48. The largest absolute Gasteiger partial charge is 0.456 e. The fourth-order valence-electron chi connectivity index (χ4n) is 1.78. The second-order valence-corrected chi connectivity index (χ2v) is 4.57. The SMILES string of the molecule is C=C1CC(C)(CC(C)(O)C(F)(F)F)OC1=O. The molecule has 0 aromatic rings. The van der Waals surface area contributed by atoms with Crippen LogP contribution in [-0.4, -0.2) is 28.5 Å². The maximum absolute atomic E-state index is 12.4. The van der Waals surface area contributed by atoms with Crippen LogP contribution >= 0.6 is 0 Å². The number of rotatable bonds is 2. The van der Waals surface area contributed by atoms with Gasteiger partial charge in [-0.15, -0.1) is 0 Å². The van der Waals surface area contributed by atoms with E-state index in [2.05, 4.69) is 6.58 Å². The molecule has 16 heavy (non-hydrogen) atoms. The predicted octanol–water partition coefficient (Wildman–Crippen LogP) is 1.95. The van der Waals surface area contributed by atoms with Crippen molar-refractivity contribution >= 4 is 5.97 Å². The molecule has 0 saturated carbocycles. The molecule has 6 heteroatoms. The van der Waals surface area contributed by atoms with Crippen LogP contribution in [-0.2, 0) is 9.53 Å². The molecule has 1 N–H and O–H groups in total. The second-order valence-electron chi connectivity index (χ2n) is 4.57. The Kier molecular flexibility index (Phi) is 2.83. The van der Waals surface area contributed by atoms with Gasteiger partial charge in [0.25, 0.3) is 0 Å². The fourth-order valence-corrected chi connectivity index (χ4v) is 1.78. The number of hydrogen-bond donors (Lipinski definition) is 1. The van der Waals surface area contributed by atoms with E-state index in [1.807, 2.05) is 0 Å². The van der Waals surface area contributed by atoms with Crippen molar-refractivity contribution in [2.45, 2.75) is 44.1 Å². The molecule has 2 atom stereocenters. The lowest BCUT2D eigenvalue weighted by Crippen LogP contribution is -2.48. The standard InChI is InChI=1S/C10H13F3O3/c1-6-4-8(2,16-7(6)14)5-9(3,15)10(11,12)13/h15H,1,4-5H2,2-3H3. The van der Waals surface area contributed by atoms with Crippen molar-refractivity contribution in [2.75, 3.05) is 0 Å². The van der Waals surface area contributed by atoms with Crippen molar-refractivity contribution in [3.8, 4) is 0 Å². The summed E-state index contributed by atoms with van der Waals surface area (Å²) in [5.74, 6) is -0.708. The van der Waals surface area contributed by atoms with Crippen molar-refractivity contribution in [3.63, 3.8) is 0 Å². The first-order chi connectivity index (χ1) is 6.97. The normalized spacial score (nSPS) is 30.1. The van der Waals surface area contributed by atoms with Crippen molar-refractivity contribution in [2.24, 2.45) is 0 Å². The average Bonchev–Trinajstić information content (AvgIpc) is 2.21. The third kappa shape index (κ3) is 2.37. The summed E-state index contributed by atoms with van der Waals surface area (Å²) in [6, 6.07) is 0. The quantitative estimate of drug-likeness (QED) is 0.590. The van der Waals surface area contributed by atoms with Crippen LogP contribution < -0.4 is 0 Å². The first kappa shape index (κ1) is 13.0. The molecule has 0 amide bonds. The van der Waals surface area contributed by atoms with Gasteiger partial charge in [-0.1, -0.05) is 6.58 Å². The summed E-state index contributed by atoms with van der Waals surface area (Å²) in [6.45, 7) is 5.40. The first-order valence-electron chi connectivity index (χ1n) is 4.67. The van der Waals surface area contributed by atoms with Gasteiger partial charge in [-0.25, -0.2) is 4.79 Å². The summed E-state index contributed by atoms with van der Waals surface area (Å²) < 4.78 is 42.1. The summed E-state index contributed by atoms with van der Waals surface area (Å²) in [6.07, 6.45) is -5.46. The molecule has 1 saturated heterocycles. The van der Waals surface area contributed by atoms with Crippen LogP contribution in [0.4, 0.5) is 13.2 Å². The molecular formula is C10H13F3O3. The van der Waals surface area contributed by atoms with Gasteiger partial charge in [0.05, 0.1) is 0 Å². The average molecular weight is 238 g/mol. The topological polar surface area (TPSA) is 46.5 Å². The zero-order valence-corrected chi connectivity index (χ0v) is 9.02. The van der Waals surface area contributed by atoms with Crippen molar-refractivity contribution in [3.05, 3.63) is 12.2 Å². The Hall–Kier alpha value is -1.04. The number of cyclic esters (lactones) is 1. The lowest BCUT2D eigenvalue weighted by molar-refractivity contribution is -0.266. The van der Waals surface area contributed by atoms with Gasteiger partial charge in [0.2, 0.25) is 0 Å². The molecule has 1 rings (SSSR count). The summed E-state index contributed by atoms with van der Waals surface area (Å²) in [4.78, 5) is 11.0. The minimum atomic E-state index is -4.76. The van der Waals surface area contributed by atoms with Gasteiger partial charge in [0.15, 0.2) is 5.60 Å². The van der Waals surface area contributed by atoms with E-state index in [-0.39, 0.29) is 12.0 Å². The van der Waals surface area contributed by atoms with Gasteiger partial charge in [-0.05, 0) is 13.8 Å². The highest BCUT2D eigenvalue weighted by Gasteiger charge is 2.55. The van der Waals surface area contributed by atoms with Gasteiger partial charge in [-0.2, -0.15) is 13.2 Å².